The van der Waals surface area contributed by atoms with Gasteiger partial charge in [-0.3, -0.25) is 0 Å². The van der Waals surface area contributed by atoms with Crippen LogP contribution >= 0.6 is 31.9 Å². The van der Waals surface area contributed by atoms with E-state index in [1.165, 1.54) is 5.56 Å². The monoisotopic (exact) mass is 379 g/mol. The number of rotatable bonds is 6. The average Bonchev–Trinajstić information content (AvgIpc) is 2.21. The second-order valence-electron chi connectivity index (χ2n) is 4.83. The number of nitrogens with one attached hydrogen (secondary N) is 1. The molecule has 0 saturated carbocycles. The summed E-state index contributed by atoms with van der Waals surface area (Å²) < 4.78 is 7.53. The van der Waals surface area contributed by atoms with Crippen molar-refractivity contribution in [1.29, 1.82) is 0 Å². The second-order valence-corrected chi connectivity index (χ2v) is 6.54. The Bertz CT molecular complexity index is 379. The van der Waals surface area contributed by atoms with E-state index in [1.54, 1.807) is 13.8 Å². The van der Waals surface area contributed by atoms with Gasteiger partial charge in [0.2, 0.25) is 0 Å². The average molecular weight is 381 g/mol. The zero-order valence-corrected chi connectivity index (χ0v) is 14.1. The summed E-state index contributed by atoms with van der Waals surface area (Å²) in [7, 11) is 1.91. The van der Waals surface area contributed by atoms with E-state index < -0.39 is 5.60 Å². The molecule has 0 heterocycles. The Morgan fingerprint density at radius 1 is 1.28 bits per heavy atom. The normalized spacial score (nSPS) is 11.7. The molecule has 0 bridgehead atoms. The molecule has 0 aliphatic carbocycles. The number of aliphatic hydroxyl groups is 1. The molecule has 0 saturated heterocycles. The van der Waals surface area contributed by atoms with E-state index in [2.05, 4.69) is 37.2 Å². The Balaban J connectivity index is 2.71. The van der Waals surface area contributed by atoms with Crippen molar-refractivity contribution in [1.82, 2.24) is 5.32 Å². The minimum atomic E-state index is -0.703. The summed E-state index contributed by atoms with van der Waals surface area (Å²) in [6.45, 7) is 4.83. The molecule has 0 fully saturated rings. The Hall–Kier alpha value is -0.100. The van der Waals surface area contributed by atoms with Crippen molar-refractivity contribution in [2.24, 2.45) is 0 Å². The first-order valence-corrected chi connectivity index (χ1v) is 7.40. The molecule has 18 heavy (non-hydrogen) atoms. The SMILES string of the molecule is CNCc1cc(Br)c(OCCC(C)(C)O)c(Br)c1. The summed E-state index contributed by atoms with van der Waals surface area (Å²) in [4.78, 5) is 0. The number of benzene rings is 1. The number of hydrogen-bond acceptors (Lipinski definition) is 3. The third-order valence-corrected chi connectivity index (χ3v) is 3.58. The zero-order valence-electron chi connectivity index (χ0n) is 10.9. The molecule has 0 unspecified atom stereocenters. The summed E-state index contributed by atoms with van der Waals surface area (Å²) in [5.41, 5.74) is 0.469. The van der Waals surface area contributed by atoms with Crippen molar-refractivity contribution in [2.75, 3.05) is 13.7 Å². The van der Waals surface area contributed by atoms with Crippen molar-refractivity contribution >= 4 is 31.9 Å². The van der Waals surface area contributed by atoms with Gasteiger partial charge in [-0.05, 0) is 70.5 Å². The van der Waals surface area contributed by atoms with Crippen LogP contribution < -0.4 is 10.1 Å². The number of hydrogen-bond donors (Lipinski definition) is 2. The van der Waals surface area contributed by atoms with E-state index in [9.17, 15) is 5.11 Å². The molecule has 0 aliphatic heterocycles. The molecule has 1 aromatic carbocycles. The third-order valence-electron chi connectivity index (χ3n) is 2.40. The van der Waals surface area contributed by atoms with Gasteiger partial charge in [-0.25, -0.2) is 0 Å². The molecule has 0 radical (unpaired) electrons. The maximum Gasteiger partial charge on any atom is 0.147 e. The fraction of sp³-hybridized carbons (Fsp3) is 0.538. The van der Waals surface area contributed by atoms with Crippen LogP contribution in [0.2, 0.25) is 0 Å². The van der Waals surface area contributed by atoms with Crippen LogP contribution in [0, 0.1) is 0 Å². The lowest BCUT2D eigenvalue weighted by atomic mass is 10.1. The lowest BCUT2D eigenvalue weighted by molar-refractivity contribution is 0.0551. The minimum absolute atomic E-state index is 0.478. The van der Waals surface area contributed by atoms with E-state index in [0.717, 1.165) is 21.2 Å². The molecule has 1 rings (SSSR count). The molecule has 0 atom stereocenters. The van der Waals surface area contributed by atoms with E-state index in [4.69, 9.17) is 4.74 Å². The molecule has 102 valence electrons. The molecule has 1 aromatic rings. The van der Waals surface area contributed by atoms with Crippen LogP contribution in [0.25, 0.3) is 0 Å². The molecule has 5 heteroatoms. The third kappa shape index (κ3) is 5.26. The van der Waals surface area contributed by atoms with Gasteiger partial charge in [0, 0.05) is 13.0 Å². The number of halogens is 2. The maximum atomic E-state index is 9.64. The molecule has 0 aliphatic rings. The summed E-state index contributed by atoms with van der Waals surface area (Å²) in [6, 6.07) is 4.06. The predicted molar refractivity (Wildman–Crippen MR) is 81.0 cm³/mol. The molecule has 3 nitrogen and oxygen atoms in total. The summed E-state index contributed by atoms with van der Waals surface area (Å²) in [5.74, 6) is 0.777. The van der Waals surface area contributed by atoms with E-state index in [0.29, 0.717) is 13.0 Å². The zero-order chi connectivity index (χ0) is 13.8. The Morgan fingerprint density at radius 2 is 1.83 bits per heavy atom. The van der Waals surface area contributed by atoms with Gasteiger partial charge in [0.15, 0.2) is 0 Å². The van der Waals surface area contributed by atoms with Crippen LogP contribution in [-0.2, 0) is 6.54 Å². The van der Waals surface area contributed by atoms with Gasteiger partial charge >= 0.3 is 0 Å². The largest absolute Gasteiger partial charge is 0.491 e. The van der Waals surface area contributed by atoms with Gasteiger partial charge < -0.3 is 15.2 Å². The van der Waals surface area contributed by atoms with Gasteiger partial charge in [-0.15, -0.1) is 0 Å². The van der Waals surface area contributed by atoms with E-state index in [-0.39, 0.29) is 0 Å². The van der Waals surface area contributed by atoms with Crippen LogP contribution in [0.3, 0.4) is 0 Å². The molecule has 0 amide bonds. The van der Waals surface area contributed by atoms with Crippen molar-refractivity contribution in [3.63, 3.8) is 0 Å². The van der Waals surface area contributed by atoms with Crippen molar-refractivity contribution in [3.8, 4) is 5.75 Å². The highest BCUT2D eigenvalue weighted by Crippen LogP contribution is 2.35. The minimum Gasteiger partial charge on any atom is -0.491 e. The van der Waals surface area contributed by atoms with Gasteiger partial charge in [0.25, 0.3) is 0 Å². The topological polar surface area (TPSA) is 41.5 Å². The van der Waals surface area contributed by atoms with Crippen molar-refractivity contribution in [3.05, 3.63) is 26.6 Å². The lowest BCUT2D eigenvalue weighted by Gasteiger charge is -2.18. The second kappa shape index (κ2) is 6.89. The van der Waals surface area contributed by atoms with Crippen molar-refractivity contribution < 1.29 is 9.84 Å². The first-order valence-electron chi connectivity index (χ1n) is 5.81. The molecular weight excluding hydrogens is 362 g/mol. The highest BCUT2D eigenvalue weighted by molar-refractivity contribution is 9.11. The standard InChI is InChI=1S/C13H19Br2NO2/c1-13(2,17)4-5-18-12-10(14)6-9(8-16-3)7-11(12)15/h6-7,16-17H,4-5,8H2,1-3H3. The highest BCUT2D eigenvalue weighted by Gasteiger charge is 2.14. The summed E-state index contributed by atoms with van der Waals surface area (Å²) in [6.07, 6.45) is 0.587. The quantitative estimate of drug-likeness (QED) is 0.793. The first kappa shape index (κ1) is 16.0. The predicted octanol–water partition coefficient (Wildman–Crippen LogP) is 3.47. The molecule has 0 aromatic heterocycles. The molecule has 0 spiro atoms. The van der Waals surface area contributed by atoms with Crippen LogP contribution in [0.1, 0.15) is 25.8 Å². The van der Waals surface area contributed by atoms with E-state index in [1.807, 2.05) is 19.2 Å². The van der Waals surface area contributed by atoms with Crippen molar-refractivity contribution in [2.45, 2.75) is 32.4 Å². The first-order chi connectivity index (χ1) is 8.33. The van der Waals surface area contributed by atoms with Gasteiger partial charge in [0.05, 0.1) is 21.2 Å². The molecule has 2 N–H and O–H groups in total. The fourth-order valence-corrected chi connectivity index (χ4v) is 2.97. The lowest BCUT2D eigenvalue weighted by Crippen LogP contribution is -2.22. The highest BCUT2D eigenvalue weighted by atomic mass is 79.9. The maximum absolute atomic E-state index is 9.64. The van der Waals surface area contributed by atoms with Gasteiger partial charge in [-0.2, -0.15) is 0 Å². The fourth-order valence-electron chi connectivity index (χ4n) is 1.46. The van der Waals surface area contributed by atoms with Crippen LogP contribution in [0.4, 0.5) is 0 Å². The summed E-state index contributed by atoms with van der Waals surface area (Å²) in [5, 5.41) is 12.7. The smallest absolute Gasteiger partial charge is 0.147 e. The Labute approximate surface area is 125 Å². The van der Waals surface area contributed by atoms with E-state index >= 15 is 0 Å². The van der Waals surface area contributed by atoms with Gasteiger partial charge in [-0.1, -0.05) is 0 Å². The molecular formula is C13H19Br2NO2. The van der Waals surface area contributed by atoms with Crippen LogP contribution in [0.15, 0.2) is 21.1 Å². The van der Waals surface area contributed by atoms with Crippen LogP contribution in [0.5, 0.6) is 5.75 Å². The van der Waals surface area contributed by atoms with Crippen LogP contribution in [-0.4, -0.2) is 24.4 Å². The number of ether oxygens (including phenoxy) is 1. The summed E-state index contributed by atoms with van der Waals surface area (Å²) >= 11 is 7.01. The van der Waals surface area contributed by atoms with Gasteiger partial charge in [0.1, 0.15) is 5.75 Å². The Morgan fingerprint density at radius 3 is 2.28 bits per heavy atom. The Kier molecular flexibility index (Phi) is 6.11.